The molecule has 184 valence electrons. The molecule has 0 heterocycles. The third kappa shape index (κ3) is 8.03. The predicted octanol–water partition coefficient (Wildman–Crippen LogP) is 3.14. The van der Waals surface area contributed by atoms with Gasteiger partial charge in [0.15, 0.2) is 0 Å². The molecule has 2 rings (SSSR count). The van der Waals surface area contributed by atoms with Crippen molar-refractivity contribution in [2.75, 3.05) is 19.7 Å². The van der Waals surface area contributed by atoms with Crippen LogP contribution in [0.15, 0.2) is 18.2 Å². The number of aliphatic hydroxyl groups excluding tert-OH is 1. The van der Waals surface area contributed by atoms with Gasteiger partial charge in [0.2, 0.25) is 11.8 Å². The highest BCUT2D eigenvalue weighted by molar-refractivity contribution is 5.91. The standard InChI is InChI=1S/C25H39N3O5/c1-17-10-9-13-20(18(17)2)22(23(31)27-19-11-7-6-8-12-19)28(14-15-29)21(30)16-26-24(32)33-25(3,4)5/h9-10,13,19,22,29H,6-8,11-12,14-16H2,1-5H3,(H,26,32)(H,27,31). The number of benzene rings is 1. The first-order valence-electron chi connectivity index (χ1n) is 11.8. The molecule has 1 aromatic carbocycles. The van der Waals surface area contributed by atoms with Gasteiger partial charge >= 0.3 is 6.09 Å². The molecular weight excluding hydrogens is 422 g/mol. The summed E-state index contributed by atoms with van der Waals surface area (Å²) in [5.74, 6) is -0.741. The van der Waals surface area contributed by atoms with Crippen LogP contribution in [-0.2, 0) is 14.3 Å². The Labute approximate surface area is 197 Å². The first-order valence-corrected chi connectivity index (χ1v) is 11.8. The minimum absolute atomic E-state index is 0.0367. The first-order chi connectivity index (χ1) is 15.5. The lowest BCUT2D eigenvalue weighted by molar-refractivity contribution is -0.141. The molecule has 1 fully saturated rings. The summed E-state index contributed by atoms with van der Waals surface area (Å²) >= 11 is 0. The lowest BCUT2D eigenvalue weighted by Crippen LogP contribution is -2.50. The predicted molar refractivity (Wildman–Crippen MR) is 127 cm³/mol. The van der Waals surface area contributed by atoms with Crippen molar-refractivity contribution in [1.82, 2.24) is 15.5 Å². The molecule has 3 N–H and O–H groups in total. The molecule has 0 bridgehead atoms. The second-order valence-electron chi connectivity index (χ2n) is 9.70. The van der Waals surface area contributed by atoms with Crippen molar-refractivity contribution in [3.8, 4) is 0 Å². The highest BCUT2D eigenvalue weighted by Gasteiger charge is 2.34. The summed E-state index contributed by atoms with van der Waals surface area (Å²) < 4.78 is 5.21. The summed E-state index contributed by atoms with van der Waals surface area (Å²) in [5.41, 5.74) is 1.93. The molecule has 3 amide bonds. The monoisotopic (exact) mass is 461 g/mol. The van der Waals surface area contributed by atoms with E-state index < -0.39 is 23.6 Å². The molecule has 8 heteroatoms. The van der Waals surface area contributed by atoms with Crippen LogP contribution >= 0.6 is 0 Å². The minimum atomic E-state index is -0.910. The van der Waals surface area contributed by atoms with E-state index >= 15 is 0 Å². The van der Waals surface area contributed by atoms with Gasteiger partial charge in [-0.2, -0.15) is 0 Å². The number of carbonyl (C=O) groups excluding carboxylic acids is 3. The zero-order valence-electron chi connectivity index (χ0n) is 20.6. The number of nitrogens with one attached hydrogen (secondary N) is 2. The quantitative estimate of drug-likeness (QED) is 0.551. The van der Waals surface area contributed by atoms with Crippen LogP contribution in [0.25, 0.3) is 0 Å². The molecule has 1 saturated carbocycles. The molecule has 8 nitrogen and oxygen atoms in total. The number of nitrogens with zero attached hydrogens (tertiary/aromatic N) is 1. The molecule has 1 unspecified atom stereocenters. The third-order valence-corrected chi connectivity index (χ3v) is 5.90. The van der Waals surface area contributed by atoms with E-state index in [0.29, 0.717) is 5.56 Å². The Morgan fingerprint density at radius 2 is 1.82 bits per heavy atom. The van der Waals surface area contributed by atoms with Crippen molar-refractivity contribution in [2.45, 2.75) is 84.4 Å². The fourth-order valence-corrected chi connectivity index (χ4v) is 4.12. The zero-order valence-corrected chi connectivity index (χ0v) is 20.6. The van der Waals surface area contributed by atoms with E-state index in [2.05, 4.69) is 10.6 Å². The molecule has 0 saturated heterocycles. The van der Waals surface area contributed by atoms with Gasteiger partial charge in [-0.25, -0.2) is 4.79 Å². The van der Waals surface area contributed by atoms with E-state index in [1.807, 2.05) is 32.0 Å². The summed E-state index contributed by atoms with van der Waals surface area (Å²) in [6, 6.07) is 4.82. The largest absolute Gasteiger partial charge is 0.444 e. The fourth-order valence-electron chi connectivity index (χ4n) is 4.12. The molecular formula is C25H39N3O5. The number of ether oxygens (including phenoxy) is 1. The number of amides is 3. The van der Waals surface area contributed by atoms with Crippen LogP contribution in [0.5, 0.6) is 0 Å². The van der Waals surface area contributed by atoms with E-state index in [-0.39, 0.29) is 31.6 Å². The summed E-state index contributed by atoms with van der Waals surface area (Å²) in [6.45, 7) is 8.40. The normalized spacial score (nSPS) is 15.5. The van der Waals surface area contributed by atoms with Crippen molar-refractivity contribution in [3.63, 3.8) is 0 Å². The van der Waals surface area contributed by atoms with Gasteiger partial charge < -0.3 is 25.4 Å². The van der Waals surface area contributed by atoms with Crippen LogP contribution in [0.4, 0.5) is 4.79 Å². The first kappa shape index (κ1) is 26.6. The van der Waals surface area contributed by atoms with Crippen LogP contribution in [0.2, 0.25) is 0 Å². The second kappa shape index (κ2) is 12.0. The van der Waals surface area contributed by atoms with E-state index in [9.17, 15) is 19.5 Å². The number of rotatable bonds is 8. The highest BCUT2D eigenvalue weighted by Crippen LogP contribution is 2.27. The van der Waals surface area contributed by atoms with Gasteiger partial charge in [-0.05, 0) is 64.2 Å². The summed E-state index contributed by atoms with van der Waals surface area (Å²) in [6.07, 6.45) is 4.42. The van der Waals surface area contributed by atoms with Gasteiger partial charge in [0.1, 0.15) is 18.2 Å². The van der Waals surface area contributed by atoms with Gasteiger partial charge in [-0.15, -0.1) is 0 Å². The van der Waals surface area contributed by atoms with E-state index in [0.717, 1.165) is 43.2 Å². The Morgan fingerprint density at radius 3 is 2.42 bits per heavy atom. The molecule has 0 aromatic heterocycles. The maximum atomic E-state index is 13.5. The maximum absolute atomic E-state index is 13.5. The molecule has 1 aliphatic rings. The van der Waals surface area contributed by atoms with Crippen LogP contribution in [-0.4, -0.2) is 59.3 Å². The van der Waals surface area contributed by atoms with Gasteiger partial charge in [-0.1, -0.05) is 37.5 Å². The van der Waals surface area contributed by atoms with Gasteiger partial charge in [-0.3, -0.25) is 9.59 Å². The van der Waals surface area contributed by atoms with Crippen molar-refractivity contribution in [3.05, 3.63) is 34.9 Å². The molecule has 0 radical (unpaired) electrons. The third-order valence-electron chi connectivity index (χ3n) is 5.90. The van der Waals surface area contributed by atoms with Gasteiger partial charge in [0.05, 0.1) is 6.61 Å². The Balaban J connectivity index is 2.29. The van der Waals surface area contributed by atoms with Crippen LogP contribution in [0, 0.1) is 13.8 Å². The van der Waals surface area contributed by atoms with Crippen LogP contribution in [0.1, 0.15) is 75.6 Å². The lowest BCUT2D eigenvalue weighted by Gasteiger charge is -2.34. The molecule has 33 heavy (non-hydrogen) atoms. The van der Waals surface area contributed by atoms with Crippen molar-refractivity contribution < 1.29 is 24.2 Å². The second-order valence-corrected chi connectivity index (χ2v) is 9.70. The van der Waals surface area contributed by atoms with Crippen LogP contribution in [0.3, 0.4) is 0 Å². The number of aliphatic hydroxyl groups is 1. The van der Waals surface area contributed by atoms with Crippen LogP contribution < -0.4 is 10.6 Å². The van der Waals surface area contributed by atoms with E-state index in [4.69, 9.17) is 4.74 Å². The topological polar surface area (TPSA) is 108 Å². The smallest absolute Gasteiger partial charge is 0.408 e. The summed E-state index contributed by atoms with van der Waals surface area (Å²) in [5, 5.41) is 15.3. The average molecular weight is 462 g/mol. The molecule has 0 spiro atoms. The Hall–Kier alpha value is -2.61. The fraction of sp³-hybridized carbons (Fsp3) is 0.640. The summed E-state index contributed by atoms with van der Waals surface area (Å²) in [7, 11) is 0. The summed E-state index contributed by atoms with van der Waals surface area (Å²) in [4.78, 5) is 40.1. The molecule has 1 aromatic rings. The average Bonchev–Trinajstić information content (AvgIpc) is 2.74. The Kier molecular flexibility index (Phi) is 9.70. The SMILES string of the molecule is Cc1cccc(C(C(=O)NC2CCCCC2)N(CCO)C(=O)CNC(=O)OC(C)(C)C)c1C. The Morgan fingerprint density at radius 1 is 1.15 bits per heavy atom. The zero-order chi connectivity index (χ0) is 24.6. The molecule has 1 atom stereocenters. The highest BCUT2D eigenvalue weighted by atomic mass is 16.6. The molecule has 0 aliphatic heterocycles. The number of alkyl carbamates (subject to hydrolysis) is 1. The lowest BCUT2D eigenvalue weighted by atomic mass is 9.93. The Bertz CT molecular complexity index is 828. The number of carbonyl (C=O) groups is 3. The minimum Gasteiger partial charge on any atom is -0.444 e. The van der Waals surface area contributed by atoms with E-state index in [1.165, 1.54) is 4.90 Å². The van der Waals surface area contributed by atoms with Gasteiger partial charge in [0, 0.05) is 12.6 Å². The number of hydrogen-bond donors (Lipinski definition) is 3. The van der Waals surface area contributed by atoms with Crippen molar-refractivity contribution in [2.24, 2.45) is 0 Å². The maximum Gasteiger partial charge on any atom is 0.408 e. The van der Waals surface area contributed by atoms with Crippen molar-refractivity contribution in [1.29, 1.82) is 0 Å². The van der Waals surface area contributed by atoms with Gasteiger partial charge in [0.25, 0.3) is 0 Å². The van der Waals surface area contributed by atoms with Crippen molar-refractivity contribution >= 4 is 17.9 Å². The van der Waals surface area contributed by atoms with E-state index in [1.54, 1.807) is 20.8 Å². The molecule has 1 aliphatic carbocycles. The number of aryl methyl sites for hydroxylation is 1. The number of hydrogen-bond acceptors (Lipinski definition) is 5.